The van der Waals surface area contributed by atoms with E-state index in [2.05, 4.69) is 25.0 Å². The minimum atomic E-state index is -1.14. The summed E-state index contributed by atoms with van der Waals surface area (Å²) in [6.07, 6.45) is 4.72. The Bertz CT molecular complexity index is 815. The predicted octanol–water partition coefficient (Wildman–Crippen LogP) is 4.18. The van der Waals surface area contributed by atoms with Gasteiger partial charge in [-0.05, 0) is 29.7 Å². The van der Waals surface area contributed by atoms with Crippen molar-refractivity contribution in [1.29, 1.82) is 0 Å². The first-order chi connectivity index (χ1) is 12.8. The summed E-state index contributed by atoms with van der Waals surface area (Å²) in [6.45, 7) is 10.0. The van der Waals surface area contributed by atoms with Crippen LogP contribution in [0.5, 0.6) is 0 Å². The monoisotopic (exact) mass is 392 g/mol. The maximum atomic E-state index is 14.1. The standard InChI is InChI=1S/C20H29FN2O3Si/c1-5-14-12-26-19-16(21)7-6-15(17(14)19)18(24)20-22-8-9-23(20)13-25-10-11-27(2,3)4/h6-9,12,18,20,22,24H,5,10-11,13H2,1-4H3. The molecule has 0 spiro atoms. The summed E-state index contributed by atoms with van der Waals surface area (Å²) >= 11 is 0. The van der Waals surface area contributed by atoms with Crippen molar-refractivity contribution in [2.45, 2.75) is 51.3 Å². The second kappa shape index (κ2) is 8.04. The smallest absolute Gasteiger partial charge is 0.170 e. The number of nitrogens with zero attached hydrogens (tertiary/aromatic N) is 1. The van der Waals surface area contributed by atoms with Crippen LogP contribution in [0.4, 0.5) is 4.39 Å². The van der Waals surface area contributed by atoms with Gasteiger partial charge in [0.05, 0.1) is 6.26 Å². The van der Waals surface area contributed by atoms with E-state index in [0.29, 0.717) is 30.7 Å². The summed E-state index contributed by atoms with van der Waals surface area (Å²) in [6, 6.07) is 4.08. The number of aliphatic hydroxyl groups is 1. The zero-order valence-corrected chi connectivity index (χ0v) is 17.5. The van der Waals surface area contributed by atoms with E-state index in [1.165, 1.54) is 6.07 Å². The third-order valence-corrected chi connectivity index (χ3v) is 6.61. The number of halogens is 1. The molecule has 2 unspecified atom stereocenters. The molecule has 0 saturated heterocycles. The van der Waals surface area contributed by atoms with E-state index < -0.39 is 20.0 Å². The van der Waals surface area contributed by atoms with Crippen LogP contribution in [0.1, 0.15) is 24.2 Å². The highest BCUT2D eigenvalue weighted by Crippen LogP contribution is 2.34. The zero-order chi connectivity index (χ0) is 19.6. The summed E-state index contributed by atoms with van der Waals surface area (Å²) in [5, 5.41) is 14.9. The molecule has 0 radical (unpaired) electrons. The Morgan fingerprint density at radius 3 is 2.85 bits per heavy atom. The Labute approximate surface area is 160 Å². The molecule has 1 aromatic carbocycles. The van der Waals surface area contributed by atoms with Crippen molar-refractivity contribution in [1.82, 2.24) is 10.2 Å². The van der Waals surface area contributed by atoms with Crippen LogP contribution in [0.25, 0.3) is 11.0 Å². The number of aliphatic hydroxyl groups excluding tert-OH is 1. The quantitative estimate of drug-likeness (QED) is 0.521. The Balaban J connectivity index is 1.75. The van der Waals surface area contributed by atoms with Crippen LogP contribution in [0.3, 0.4) is 0 Å². The second-order valence-electron chi connectivity index (χ2n) is 8.19. The van der Waals surface area contributed by atoms with E-state index in [9.17, 15) is 9.50 Å². The van der Waals surface area contributed by atoms with Crippen molar-refractivity contribution in [3.63, 3.8) is 0 Å². The van der Waals surface area contributed by atoms with Gasteiger partial charge in [0.2, 0.25) is 0 Å². The van der Waals surface area contributed by atoms with Crippen LogP contribution >= 0.6 is 0 Å². The lowest BCUT2D eigenvalue weighted by Crippen LogP contribution is -2.42. The van der Waals surface area contributed by atoms with Gasteiger partial charge in [-0.15, -0.1) is 0 Å². The van der Waals surface area contributed by atoms with E-state index in [1.807, 2.05) is 18.0 Å². The number of furan rings is 1. The van der Waals surface area contributed by atoms with E-state index in [-0.39, 0.29) is 11.7 Å². The van der Waals surface area contributed by atoms with Gasteiger partial charge in [0.25, 0.3) is 0 Å². The van der Waals surface area contributed by atoms with Crippen LogP contribution in [0.15, 0.2) is 35.2 Å². The molecule has 5 nitrogen and oxygen atoms in total. The molecule has 2 heterocycles. The molecule has 2 aromatic rings. The zero-order valence-electron chi connectivity index (χ0n) is 16.5. The normalized spacial score (nSPS) is 18.3. The lowest BCUT2D eigenvalue weighted by molar-refractivity contribution is -0.00301. The highest BCUT2D eigenvalue weighted by molar-refractivity contribution is 6.76. The number of benzene rings is 1. The van der Waals surface area contributed by atoms with E-state index in [0.717, 1.165) is 11.6 Å². The lowest BCUT2D eigenvalue weighted by atomic mass is 9.98. The van der Waals surface area contributed by atoms with Gasteiger partial charge >= 0.3 is 0 Å². The fourth-order valence-electron chi connectivity index (χ4n) is 3.25. The molecule has 1 aliphatic heterocycles. The first kappa shape index (κ1) is 19.9. The van der Waals surface area contributed by atoms with Crippen LogP contribution < -0.4 is 5.32 Å². The Morgan fingerprint density at radius 2 is 2.15 bits per heavy atom. The van der Waals surface area contributed by atoms with Crippen molar-refractivity contribution in [3.05, 3.63) is 47.7 Å². The molecule has 27 heavy (non-hydrogen) atoms. The lowest BCUT2D eigenvalue weighted by Gasteiger charge is -2.30. The SMILES string of the molecule is CCc1coc2c(F)ccc(C(O)C3NC=CN3COCC[Si](C)(C)C)c12. The molecular weight excluding hydrogens is 363 g/mol. The Kier molecular flexibility index (Phi) is 5.93. The first-order valence-corrected chi connectivity index (χ1v) is 13.2. The van der Waals surface area contributed by atoms with Gasteiger partial charge in [-0.25, -0.2) is 4.39 Å². The highest BCUT2D eigenvalue weighted by atomic mass is 28.3. The molecule has 0 bridgehead atoms. The summed E-state index contributed by atoms with van der Waals surface area (Å²) in [7, 11) is -1.14. The van der Waals surface area contributed by atoms with Gasteiger partial charge in [0.1, 0.15) is 19.0 Å². The van der Waals surface area contributed by atoms with Crippen molar-refractivity contribution >= 4 is 19.0 Å². The maximum Gasteiger partial charge on any atom is 0.170 e. The van der Waals surface area contributed by atoms with Crippen LogP contribution in [0, 0.1) is 5.82 Å². The summed E-state index contributed by atoms with van der Waals surface area (Å²) < 4.78 is 25.3. The number of hydrogen-bond donors (Lipinski definition) is 2. The molecule has 1 aromatic heterocycles. The minimum absolute atomic E-state index is 0.201. The van der Waals surface area contributed by atoms with Gasteiger partial charge in [-0.1, -0.05) is 32.6 Å². The van der Waals surface area contributed by atoms with Crippen LogP contribution in [-0.2, 0) is 11.2 Å². The number of aryl methyl sites for hydroxylation is 1. The van der Waals surface area contributed by atoms with Crippen LogP contribution in [-0.4, -0.2) is 37.6 Å². The molecular formula is C20H29FN2O3Si. The highest BCUT2D eigenvalue weighted by Gasteiger charge is 2.30. The molecule has 3 rings (SSSR count). The third-order valence-electron chi connectivity index (χ3n) is 4.91. The Hall–Kier alpha value is -1.83. The minimum Gasteiger partial charge on any atom is -0.461 e. The molecule has 1 aliphatic rings. The van der Waals surface area contributed by atoms with Gasteiger partial charge in [0.15, 0.2) is 11.4 Å². The third kappa shape index (κ3) is 4.36. The van der Waals surface area contributed by atoms with Crippen molar-refractivity contribution in [3.8, 4) is 0 Å². The average molecular weight is 393 g/mol. The molecule has 7 heteroatoms. The summed E-state index contributed by atoms with van der Waals surface area (Å²) in [5.41, 5.74) is 1.75. The number of hydrogen-bond acceptors (Lipinski definition) is 5. The Morgan fingerprint density at radius 1 is 1.37 bits per heavy atom. The largest absolute Gasteiger partial charge is 0.461 e. The number of rotatable bonds is 8. The maximum absolute atomic E-state index is 14.1. The van der Waals surface area contributed by atoms with Gasteiger partial charge < -0.3 is 24.5 Å². The molecule has 148 valence electrons. The topological polar surface area (TPSA) is 57.9 Å². The fourth-order valence-corrected chi connectivity index (χ4v) is 4.01. The molecule has 2 N–H and O–H groups in total. The second-order valence-corrected chi connectivity index (χ2v) is 13.8. The van der Waals surface area contributed by atoms with Gasteiger partial charge in [-0.3, -0.25) is 0 Å². The molecule has 0 aliphatic carbocycles. The van der Waals surface area contributed by atoms with E-state index in [1.54, 1.807) is 18.5 Å². The van der Waals surface area contributed by atoms with Gasteiger partial charge in [0, 0.05) is 32.5 Å². The summed E-state index contributed by atoms with van der Waals surface area (Å²) in [4.78, 5) is 1.93. The van der Waals surface area contributed by atoms with E-state index >= 15 is 0 Å². The number of ether oxygens (including phenoxy) is 1. The molecule has 2 atom stereocenters. The fraction of sp³-hybridized carbons (Fsp3) is 0.500. The molecule has 0 amide bonds. The van der Waals surface area contributed by atoms with Crippen molar-refractivity contribution < 1.29 is 18.7 Å². The number of nitrogens with one attached hydrogen (secondary N) is 1. The predicted molar refractivity (Wildman–Crippen MR) is 107 cm³/mol. The molecule has 0 saturated carbocycles. The molecule has 0 fully saturated rings. The van der Waals surface area contributed by atoms with E-state index in [4.69, 9.17) is 9.15 Å². The van der Waals surface area contributed by atoms with Crippen molar-refractivity contribution in [2.75, 3.05) is 13.3 Å². The van der Waals surface area contributed by atoms with Crippen LogP contribution in [0.2, 0.25) is 25.7 Å². The summed E-state index contributed by atoms with van der Waals surface area (Å²) in [5.74, 6) is -0.412. The van der Waals surface area contributed by atoms with Crippen molar-refractivity contribution in [2.24, 2.45) is 0 Å². The average Bonchev–Trinajstić information content (AvgIpc) is 3.25. The number of fused-ring (bicyclic) bond motifs is 1. The first-order valence-electron chi connectivity index (χ1n) is 9.44. The van der Waals surface area contributed by atoms with Gasteiger partial charge in [-0.2, -0.15) is 0 Å².